The number of aliphatic carboxylic acids is 1. The third-order valence-electron chi connectivity index (χ3n) is 8.50. The number of para-hydroxylation sites is 2. The number of fused-ring (bicyclic) bond motifs is 1. The fraction of sp³-hybridized carbons (Fsp3) is 0.412. The summed E-state index contributed by atoms with van der Waals surface area (Å²) in [5, 5.41) is 13.9. The monoisotopic (exact) mass is 588 g/mol. The summed E-state index contributed by atoms with van der Waals surface area (Å²) in [6.45, 7) is 7.28. The van der Waals surface area contributed by atoms with Gasteiger partial charge in [-0.1, -0.05) is 56.3 Å². The minimum atomic E-state index is -0.939. The standard InChI is InChI=1S/C34H40N2O7/c1-5-22-10-9-11-23(6-2)31(22)35-29(37)19-36-18-26(24-14-15-28-33(21(24)3)43-20-42-28)30(34(38)39)32(36)25-12-7-8-13-27(25)41-17-16-40-4/h7-15,26,30,32H,5-6,16-20H2,1-4H3,(H,35,37)(H,38,39)/t26-,30-,32+/m1/s1. The fourth-order valence-corrected chi connectivity index (χ4v) is 6.47. The molecule has 3 aromatic carbocycles. The molecule has 2 N–H and O–H groups in total. The van der Waals surface area contributed by atoms with E-state index < -0.39 is 23.8 Å². The van der Waals surface area contributed by atoms with Crippen LogP contribution in [0.2, 0.25) is 0 Å². The van der Waals surface area contributed by atoms with Crippen LogP contribution in [0.3, 0.4) is 0 Å². The van der Waals surface area contributed by atoms with Crippen LogP contribution in [-0.4, -0.2) is 62.1 Å². The number of nitrogens with one attached hydrogen (secondary N) is 1. The van der Waals surface area contributed by atoms with Gasteiger partial charge in [0.25, 0.3) is 0 Å². The van der Waals surface area contributed by atoms with E-state index in [-0.39, 0.29) is 19.2 Å². The van der Waals surface area contributed by atoms with Crippen molar-refractivity contribution in [2.45, 2.75) is 45.6 Å². The van der Waals surface area contributed by atoms with Gasteiger partial charge in [0.15, 0.2) is 11.5 Å². The van der Waals surface area contributed by atoms with Crippen molar-refractivity contribution in [1.29, 1.82) is 0 Å². The number of anilines is 1. The van der Waals surface area contributed by atoms with Gasteiger partial charge in [-0.25, -0.2) is 0 Å². The Morgan fingerprint density at radius 3 is 2.42 bits per heavy atom. The normalized spacial score (nSPS) is 19.4. The highest BCUT2D eigenvalue weighted by Gasteiger charge is 2.49. The second-order valence-corrected chi connectivity index (χ2v) is 10.9. The quantitative estimate of drug-likeness (QED) is 0.273. The number of likely N-dealkylation sites (tertiary alicyclic amines) is 1. The third kappa shape index (κ3) is 6.19. The molecule has 0 unspecified atom stereocenters. The van der Waals surface area contributed by atoms with Gasteiger partial charge in [0, 0.05) is 30.8 Å². The SMILES string of the molecule is CCc1cccc(CC)c1NC(=O)CN1C[C@H](c2ccc3c(c2C)OCO3)[C@@H](C(=O)O)[C@@H]1c1ccccc1OCCOC. The topological polar surface area (TPSA) is 107 Å². The molecular formula is C34H40N2O7. The molecule has 9 heteroatoms. The number of carbonyl (C=O) groups excluding carboxylic acids is 1. The molecule has 0 bridgehead atoms. The molecule has 228 valence electrons. The van der Waals surface area contributed by atoms with Gasteiger partial charge < -0.3 is 29.4 Å². The number of amides is 1. The first-order valence-electron chi connectivity index (χ1n) is 14.8. The van der Waals surface area contributed by atoms with E-state index in [1.54, 1.807) is 7.11 Å². The Morgan fingerprint density at radius 2 is 1.72 bits per heavy atom. The largest absolute Gasteiger partial charge is 0.491 e. The molecule has 1 fully saturated rings. The van der Waals surface area contributed by atoms with Crippen LogP contribution in [-0.2, 0) is 27.2 Å². The number of nitrogens with zero attached hydrogens (tertiary/aromatic N) is 1. The van der Waals surface area contributed by atoms with Crippen LogP contribution in [0.15, 0.2) is 54.6 Å². The first-order chi connectivity index (χ1) is 20.9. The lowest BCUT2D eigenvalue weighted by atomic mass is 9.81. The summed E-state index contributed by atoms with van der Waals surface area (Å²) >= 11 is 0. The van der Waals surface area contributed by atoms with E-state index >= 15 is 0 Å². The van der Waals surface area contributed by atoms with Gasteiger partial charge in [-0.15, -0.1) is 0 Å². The molecule has 0 spiro atoms. The zero-order chi connectivity index (χ0) is 30.5. The molecule has 3 atom stereocenters. The van der Waals surface area contributed by atoms with E-state index in [1.165, 1.54) is 0 Å². The smallest absolute Gasteiger partial charge is 0.309 e. The lowest BCUT2D eigenvalue weighted by Crippen LogP contribution is -2.35. The predicted molar refractivity (Wildman–Crippen MR) is 163 cm³/mol. The van der Waals surface area contributed by atoms with Crippen molar-refractivity contribution in [2.75, 3.05) is 45.5 Å². The van der Waals surface area contributed by atoms with E-state index in [9.17, 15) is 14.7 Å². The Bertz CT molecular complexity index is 1450. The van der Waals surface area contributed by atoms with Gasteiger partial charge in [-0.3, -0.25) is 14.5 Å². The molecule has 1 saturated heterocycles. The zero-order valence-electron chi connectivity index (χ0n) is 25.2. The number of carboxylic acids is 1. The Kier molecular flexibility index (Phi) is 9.52. The molecule has 2 aliphatic heterocycles. The number of hydrogen-bond donors (Lipinski definition) is 2. The second kappa shape index (κ2) is 13.5. The molecular weight excluding hydrogens is 548 g/mol. The highest BCUT2D eigenvalue weighted by atomic mass is 16.7. The fourth-order valence-electron chi connectivity index (χ4n) is 6.47. The summed E-state index contributed by atoms with van der Waals surface area (Å²) in [7, 11) is 1.60. The van der Waals surface area contributed by atoms with Gasteiger partial charge in [0.2, 0.25) is 12.7 Å². The van der Waals surface area contributed by atoms with Crippen molar-refractivity contribution in [2.24, 2.45) is 5.92 Å². The molecule has 0 radical (unpaired) electrons. The van der Waals surface area contributed by atoms with E-state index in [4.69, 9.17) is 18.9 Å². The number of hydrogen-bond acceptors (Lipinski definition) is 7. The van der Waals surface area contributed by atoms with Crippen LogP contribution in [0.5, 0.6) is 17.2 Å². The van der Waals surface area contributed by atoms with Crippen LogP contribution < -0.4 is 19.5 Å². The van der Waals surface area contributed by atoms with Gasteiger partial charge >= 0.3 is 5.97 Å². The summed E-state index contributed by atoms with van der Waals surface area (Å²) < 4.78 is 22.5. The summed E-state index contributed by atoms with van der Waals surface area (Å²) in [6.07, 6.45) is 1.57. The first-order valence-corrected chi connectivity index (χ1v) is 14.8. The number of benzene rings is 3. The summed E-state index contributed by atoms with van der Waals surface area (Å²) in [5.74, 6) is -0.525. The van der Waals surface area contributed by atoms with Gasteiger partial charge in [-0.05, 0) is 54.2 Å². The summed E-state index contributed by atoms with van der Waals surface area (Å²) in [4.78, 5) is 28.8. The van der Waals surface area contributed by atoms with Crippen LogP contribution in [0, 0.1) is 12.8 Å². The number of rotatable bonds is 12. The summed E-state index contributed by atoms with van der Waals surface area (Å²) in [5.41, 5.74) is 5.43. The summed E-state index contributed by atoms with van der Waals surface area (Å²) in [6, 6.07) is 16.7. The molecule has 2 aliphatic rings. The highest BCUT2D eigenvalue weighted by molar-refractivity contribution is 5.94. The maximum atomic E-state index is 13.7. The van der Waals surface area contributed by atoms with Crippen LogP contribution in [0.4, 0.5) is 5.69 Å². The van der Waals surface area contributed by atoms with Crippen LogP contribution in [0.1, 0.15) is 53.6 Å². The molecule has 5 rings (SSSR count). The van der Waals surface area contributed by atoms with Crippen molar-refractivity contribution in [1.82, 2.24) is 4.90 Å². The molecule has 9 nitrogen and oxygen atoms in total. The minimum absolute atomic E-state index is 0.0160. The van der Waals surface area contributed by atoms with Crippen molar-refractivity contribution in [3.63, 3.8) is 0 Å². The molecule has 3 aromatic rings. The van der Waals surface area contributed by atoms with Gasteiger partial charge in [-0.2, -0.15) is 0 Å². The molecule has 0 saturated carbocycles. The minimum Gasteiger partial charge on any atom is -0.491 e. The van der Waals surface area contributed by atoms with E-state index in [0.29, 0.717) is 37.0 Å². The van der Waals surface area contributed by atoms with Crippen LogP contribution in [0.25, 0.3) is 0 Å². The van der Waals surface area contributed by atoms with Gasteiger partial charge in [0.1, 0.15) is 12.4 Å². The average molecular weight is 589 g/mol. The molecule has 2 heterocycles. The Labute approximate surface area is 252 Å². The number of aryl methyl sites for hydroxylation is 2. The van der Waals surface area contributed by atoms with E-state index in [1.807, 2.05) is 66.4 Å². The van der Waals surface area contributed by atoms with Crippen molar-refractivity contribution in [3.8, 4) is 17.2 Å². The van der Waals surface area contributed by atoms with Crippen molar-refractivity contribution in [3.05, 3.63) is 82.4 Å². The lowest BCUT2D eigenvalue weighted by molar-refractivity contribution is -0.143. The van der Waals surface area contributed by atoms with Crippen LogP contribution >= 0.6 is 0 Å². The van der Waals surface area contributed by atoms with Crippen molar-refractivity contribution < 1.29 is 33.6 Å². The highest BCUT2D eigenvalue weighted by Crippen LogP contribution is 2.50. The first kappa shape index (κ1) is 30.4. The van der Waals surface area contributed by atoms with Gasteiger partial charge in [0.05, 0.1) is 25.1 Å². The van der Waals surface area contributed by atoms with E-state index in [2.05, 4.69) is 19.2 Å². The Hall–Kier alpha value is -4.08. The predicted octanol–water partition coefficient (Wildman–Crippen LogP) is 5.35. The molecule has 43 heavy (non-hydrogen) atoms. The molecule has 1 amide bonds. The zero-order valence-corrected chi connectivity index (χ0v) is 25.2. The Morgan fingerprint density at radius 1 is 0.977 bits per heavy atom. The maximum Gasteiger partial charge on any atom is 0.309 e. The molecule has 0 aromatic heterocycles. The number of carboxylic acid groups (broad SMARTS) is 1. The third-order valence-corrected chi connectivity index (χ3v) is 8.50. The second-order valence-electron chi connectivity index (χ2n) is 10.9. The number of ether oxygens (including phenoxy) is 4. The number of methoxy groups -OCH3 is 1. The van der Waals surface area contributed by atoms with Crippen molar-refractivity contribution >= 4 is 17.6 Å². The average Bonchev–Trinajstić information content (AvgIpc) is 3.63. The maximum absolute atomic E-state index is 13.7. The lowest BCUT2D eigenvalue weighted by Gasteiger charge is -2.28. The number of carbonyl (C=O) groups is 2. The van der Waals surface area contributed by atoms with E-state index in [0.717, 1.165) is 46.3 Å². The Balaban J connectivity index is 1.54. The molecule has 0 aliphatic carbocycles.